The molecule has 0 saturated heterocycles. The van der Waals surface area contributed by atoms with Crippen molar-refractivity contribution in [3.63, 3.8) is 0 Å². The quantitative estimate of drug-likeness (QED) is 0.774. The van der Waals surface area contributed by atoms with Gasteiger partial charge >= 0.3 is 0 Å². The molecule has 0 bridgehead atoms. The first-order valence-corrected chi connectivity index (χ1v) is 8.10. The van der Waals surface area contributed by atoms with Crippen LogP contribution >= 0.6 is 0 Å². The van der Waals surface area contributed by atoms with Crippen molar-refractivity contribution in [1.82, 2.24) is 19.8 Å². The highest BCUT2D eigenvalue weighted by Gasteiger charge is 2.34. The van der Waals surface area contributed by atoms with Crippen molar-refractivity contribution < 1.29 is 14.0 Å². The van der Waals surface area contributed by atoms with Crippen molar-refractivity contribution in [2.24, 2.45) is 0 Å². The molecule has 1 aromatic carbocycles. The Hall–Kier alpha value is -3.09. The molecule has 0 unspecified atom stereocenters. The molecule has 25 heavy (non-hydrogen) atoms. The van der Waals surface area contributed by atoms with E-state index in [1.165, 1.54) is 0 Å². The molecule has 1 aliphatic rings. The van der Waals surface area contributed by atoms with Crippen molar-refractivity contribution >= 4 is 22.8 Å². The summed E-state index contributed by atoms with van der Waals surface area (Å²) in [5.74, 6) is -0.0436. The van der Waals surface area contributed by atoms with Crippen LogP contribution in [0.3, 0.4) is 0 Å². The molecule has 0 fully saturated rings. The highest BCUT2D eigenvalue weighted by Crippen LogP contribution is 2.28. The van der Waals surface area contributed by atoms with Crippen molar-refractivity contribution in [2.75, 3.05) is 13.6 Å². The number of imidazole rings is 1. The fourth-order valence-corrected chi connectivity index (χ4v) is 3.34. The number of furan rings is 1. The maximum Gasteiger partial charge on any atom is 0.290 e. The summed E-state index contributed by atoms with van der Waals surface area (Å²) in [5.41, 5.74) is 2.33. The van der Waals surface area contributed by atoms with E-state index in [4.69, 9.17) is 4.42 Å². The molecule has 1 N–H and O–H groups in total. The van der Waals surface area contributed by atoms with Gasteiger partial charge in [0.25, 0.3) is 5.91 Å². The Morgan fingerprint density at radius 1 is 1.32 bits per heavy atom. The molecule has 3 aromatic rings. The second kappa shape index (κ2) is 5.77. The first-order valence-electron chi connectivity index (χ1n) is 8.10. The zero-order valence-electron chi connectivity index (χ0n) is 14.0. The molecule has 128 valence electrons. The van der Waals surface area contributed by atoms with Crippen LogP contribution in [0.5, 0.6) is 0 Å². The molecule has 0 saturated carbocycles. The second-order valence-corrected chi connectivity index (χ2v) is 6.16. The number of aromatic nitrogens is 2. The Labute approximate surface area is 144 Å². The van der Waals surface area contributed by atoms with Gasteiger partial charge < -0.3 is 19.2 Å². The minimum absolute atomic E-state index is 0.155. The van der Waals surface area contributed by atoms with Gasteiger partial charge in [-0.1, -0.05) is 18.2 Å². The lowest BCUT2D eigenvalue weighted by Crippen LogP contribution is -2.45. The number of amides is 2. The summed E-state index contributed by atoms with van der Waals surface area (Å²) < 4.78 is 7.60. The minimum Gasteiger partial charge on any atom is -0.451 e. The molecular weight excluding hydrogens is 320 g/mol. The van der Waals surface area contributed by atoms with E-state index in [1.54, 1.807) is 24.5 Å². The molecule has 0 radical (unpaired) electrons. The molecule has 1 aliphatic heterocycles. The second-order valence-electron chi connectivity index (χ2n) is 6.16. The number of carbonyl (C=O) groups is 2. The van der Waals surface area contributed by atoms with Crippen molar-refractivity contribution in [1.29, 1.82) is 0 Å². The summed E-state index contributed by atoms with van der Waals surface area (Å²) in [6, 6.07) is 7.08. The van der Waals surface area contributed by atoms with Crippen molar-refractivity contribution in [2.45, 2.75) is 19.5 Å². The third-order valence-corrected chi connectivity index (χ3v) is 4.70. The van der Waals surface area contributed by atoms with Crippen LogP contribution in [0.15, 0.2) is 41.2 Å². The Morgan fingerprint density at radius 3 is 2.88 bits per heavy atom. The number of para-hydroxylation sites is 1. The summed E-state index contributed by atoms with van der Waals surface area (Å²) in [7, 11) is 1.59. The Kier molecular flexibility index (Phi) is 3.56. The lowest BCUT2D eigenvalue weighted by Gasteiger charge is -2.33. The number of hydrogen-bond donors (Lipinski definition) is 1. The fourth-order valence-electron chi connectivity index (χ4n) is 3.34. The number of likely N-dealkylation sites (N-methyl/N-ethyl adjacent to an activating group) is 1. The molecule has 3 heterocycles. The van der Waals surface area contributed by atoms with Crippen LogP contribution < -0.4 is 5.32 Å². The number of nitrogens with one attached hydrogen (secondary N) is 1. The standard InChI is InChI=1S/C18H18N4O3/c1-11-13-5-3-4-6-15(13)25-16(11)18(24)21-8-12-7-20-10-22(12)14(9-21)17(23)19-2/h3-7,10,14H,8-9H2,1-2H3,(H,19,23)/t14-/m0/s1. The zero-order chi connectivity index (χ0) is 17.6. The normalized spacial score (nSPS) is 16.7. The molecule has 7 nitrogen and oxygen atoms in total. The van der Waals surface area contributed by atoms with Crippen LogP contribution in [0.2, 0.25) is 0 Å². The highest BCUT2D eigenvalue weighted by molar-refractivity contribution is 5.99. The maximum absolute atomic E-state index is 13.0. The summed E-state index contributed by atoms with van der Waals surface area (Å²) >= 11 is 0. The van der Waals surface area contributed by atoms with Crippen molar-refractivity contribution in [3.05, 3.63) is 53.8 Å². The van der Waals surface area contributed by atoms with Crippen LogP contribution in [0.25, 0.3) is 11.0 Å². The van der Waals surface area contributed by atoms with E-state index in [0.29, 0.717) is 17.9 Å². The highest BCUT2D eigenvalue weighted by atomic mass is 16.3. The predicted molar refractivity (Wildman–Crippen MR) is 91.0 cm³/mol. The average molecular weight is 338 g/mol. The van der Waals surface area contributed by atoms with Crippen LogP contribution in [-0.4, -0.2) is 39.9 Å². The zero-order valence-corrected chi connectivity index (χ0v) is 14.0. The van der Waals surface area contributed by atoms with Gasteiger partial charge in [-0.3, -0.25) is 9.59 Å². The number of nitrogens with zero attached hydrogens (tertiary/aromatic N) is 3. The van der Waals surface area contributed by atoms with E-state index in [0.717, 1.165) is 16.6 Å². The fraction of sp³-hybridized carbons (Fsp3) is 0.278. The Morgan fingerprint density at radius 2 is 2.12 bits per heavy atom. The Bertz CT molecular complexity index is 972. The summed E-state index contributed by atoms with van der Waals surface area (Å²) in [6.07, 6.45) is 3.31. The van der Waals surface area contributed by atoms with Gasteiger partial charge in [-0.05, 0) is 13.0 Å². The van der Waals surface area contributed by atoms with Gasteiger partial charge in [-0.25, -0.2) is 4.98 Å². The van der Waals surface area contributed by atoms with Gasteiger partial charge in [0.05, 0.1) is 25.1 Å². The topological polar surface area (TPSA) is 80.4 Å². The summed E-state index contributed by atoms with van der Waals surface area (Å²) in [4.78, 5) is 31.0. The molecule has 7 heteroatoms. The van der Waals surface area contributed by atoms with E-state index in [9.17, 15) is 9.59 Å². The first kappa shape index (κ1) is 15.4. The molecule has 2 aromatic heterocycles. The van der Waals surface area contributed by atoms with Gasteiger partial charge in [-0.15, -0.1) is 0 Å². The monoisotopic (exact) mass is 338 g/mol. The van der Waals surface area contributed by atoms with Gasteiger partial charge in [0.1, 0.15) is 11.6 Å². The summed E-state index contributed by atoms with van der Waals surface area (Å²) in [6.45, 7) is 2.55. The molecule has 4 rings (SSSR count). The number of carbonyl (C=O) groups excluding carboxylic acids is 2. The van der Waals surface area contributed by atoms with Crippen LogP contribution in [0.4, 0.5) is 0 Å². The lowest BCUT2D eigenvalue weighted by atomic mass is 10.1. The minimum atomic E-state index is -0.495. The Balaban J connectivity index is 1.70. The smallest absolute Gasteiger partial charge is 0.290 e. The van der Waals surface area contributed by atoms with E-state index >= 15 is 0 Å². The van der Waals surface area contributed by atoms with Crippen molar-refractivity contribution in [3.8, 4) is 0 Å². The number of hydrogen-bond acceptors (Lipinski definition) is 4. The molecule has 2 amide bonds. The first-order chi connectivity index (χ1) is 12.1. The van der Waals surface area contributed by atoms with Gasteiger partial charge in [0, 0.05) is 24.2 Å². The van der Waals surface area contributed by atoms with Crippen LogP contribution in [-0.2, 0) is 11.3 Å². The molecular formula is C18H18N4O3. The lowest BCUT2D eigenvalue weighted by molar-refractivity contribution is -0.124. The number of rotatable bonds is 2. The summed E-state index contributed by atoms with van der Waals surface area (Å²) in [5, 5.41) is 3.58. The molecule has 0 aliphatic carbocycles. The SMILES string of the molecule is CNC(=O)[C@@H]1CN(C(=O)c2oc3ccccc3c2C)Cc2cncn21. The van der Waals surface area contributed by atoms with Gasteiger partial charge in [0.2, 0.25) is 5.91 Å². The average Bonchev–Trinajstić information content (AvgIpc) is 3.24. The largest absolute Gasteiger partial charge is 0.451 e. The molecule has 0 spiro atoms. The third-order valence-electron chi connectivity index (χ3n) is 4.70. The number of benzene rings is 1. The van der Waals surface area contributed by atoms with E-state index < -0.39 is 6.04 Å². The van der Waals surface area contributed by atoms with Crippen LogP contribution in [0.1, 0.15) is 27.9 Å². The van der Waals surface area contributed by atoms with Gasteiger partial charge in [0.15, 0.2) is 5.76 Å². The molecule has 1 atom stereocenters. The van der Waals surface area contributed by atoms with E-state index in [2.05, 4.69) is 10.3 Å². The number of aryl methyl sites for hydroxylation is 1. The predicted octanol–water partition coefficient (Wildman–Crippen LogP) is 1.88. The van der Waals surface area contributed by atoms with E-state index in [-0.39, 0.29) is 18.4 Å². The maximum atomic E-state index is 13.0. The third kappa shape index (κ3) is 2.39. The number of fused-ring (bicyclic) bond motifs is 2. The van der Waals surface area contributed by atoms with Gasteiger partial charge in [-0.2, -0.15) is 0 Å². The van der Waals surface area contributed by atoms with E-state index in [1.807, 2.05) is 35.8 Å². The van der Waals surface area contributed by atoms with Crippen LogP contribution in [0, 0.1) is 6.92 Å².